The highest BCUT2D eigenvalue weighted by molar-refractivity contribution is 5.87. The first-order chi connectivity index (χ1) is 10.5. The Balaban J connectivity index is 0.00000144. The first kappa shape index (κ1) is 17.8. The summed E-state index contributed by atoms with van der Waals surface area (Å²) >= 11 is 0. The van der Waals surface area contributed by atoms with Crippen LogP contribution in [0.25, 0.3) is 5.57 Å². The third kappa shape index (κ3) is 3.22. The van der Waals surface area contributed by atoms with Gasteiger partial charge in [-0.3, -0.25) is 0 Å². The van der Waals surface area contributed by atoms with Gasteiger partial charge in [0.15, 0.2) is 0 Å². The van der Waals surface area contributed by atoms with Crippen LogP contribution >= 0.6 is 0 Å². The average molecular weight is 328 g/mol. The maximum Gasteiger partial charge on any atom is 1.00 e. The first-order valence-electron chi connectivity index (χ1n) is 8.06. The number of hydrogen-bond donors (Lipinski definition) is 0. The first-order valence-corrected chi connectivity index (χ1v) is 8.06. The van der Waals surface area contributed by atoms with Crippen molar-refractivity contribution in [1.82, 2.24) is 4.90 Å². The lowest BCUT2D eigenvalue weighted by molar-refractivity contribution is -0.00000470. The van der Waals surface area contributed by atoms with Crippen LogP contribution in [0.1, 0.15) is 43.9 Å². The number of hydrogen-bond acceptors (Lipinski definition) is 1. The summed E-state index contributed by atoms with van der Waals surface area (Å²) in [4.78, 5) is 2.24. The van der Waals surface area contributed by atoms with Crippen LogP contribution in [0.5, 0.6) is 0 Å². The second kappa shape index (κ2) is 6.90. The van der Waals surface area contributed by atoms with Gasteiger partial charge in [-0.2, -0.15) is 0 Å². The van der Waals surface area contributed by atoms with E-state index in [1.807, 2.05) is 0 Å². The lowest BCUT2D eigenvalue weighted by Gasteiger charge is -2.36. The van der Waals surface area contributed by atoms with Crippen LogP contribution in [0.2, 0.25) is 0 Å². The number of halogens is 1. The molecule has 1 nitrogen and oxygen atoms in total. The fourth-order valence-corrected chi connectivity index (χ4v) is 3.50. The minimum absolute atomic E-state index is 0. The van der Waals surface area contributed by atoms with Crippen molar-refractivity contribution in [1.29, 1.82) is 0 Å². The van der Waals surface area contributed by atoms with Crippen LogP contribution in [0, 0.1) is 0 Å². The van der Waals surface area contributed by atoms with Crippen molar-refractivity contribution in [2.45, 2.75) is 25.7 Å². The standard InChI is InChI=1S/C21H25N.ClH/c1-21(2)19-13-7-5-10-17(19)16(12-9-15-22(3)4)18-11-6-8-14-20(18)21;/h5-8,10-14H,9,15H2,1-4H3;1H. The molecule has 0 aromatic heterocycles. The lowest BCUT2D eigenvalue weighted by Crippen LogP contribution is -3.00. The zero-order valence-corrected chi connectivity index (χ0v) is 15.2. The number of benzene rings is 2. The molecule has 0 fully saturated rings. The molecule has 0 aliphatic heterocycles. The van der Waals surface area contributed by atoms with Gasteiger partial charge in [-0.1, -0.05) is 68.5 Å². The Kier molecular flexibility index (Phi) is 5.33. The van der Waals surface area contributed by atoms with Gasteiger partial charge in [0.05, 0.1) is 0 Å². The van der Waals surface area contributed by atoms with E-state index in [1.165, 1.54) is 27.8 Å². The highest BCUT2D eigenvalue weighted by atomic mass is 35.5. The molecule has 0 radical (unpaired) electrons. The molecule has 23 heavy (non-hydrogen) atoms. The normalized spacial score (nSPS) is 14.7. The van der Waals surface area contributed by atoms with E-state index in [1.54, 1.807) is 0 Å². The number of rotatable bonds is 3. The predicted molar refractivity (Wildman–Crippen MR) is 96.4 cm³/mol. The summed E-state index contributed by atoms with van der Waals surface area (Å²) in [6, 6.07) is 17.7. The van der Waals surface area contributed by atoms with E-state index in [0.717, 1.165) is 13.0 Å². The maximum atomic E-state index is 2.41. The van der Waals surface area contributed by atoms with Crippen LogP contribution in [-0.2, 0) is 5.41 Å². The molecule has 122 valence electrons. The van der Waals surface area contributed by atoms with E-state index in [4.69, 9.17) is 0 Å². The van der Waals surface area contributed by atoms with Gasteiger partial charge in [-0.25, -0.2) is 0 Å². The Morgan fingerprint density at radius 3 is 1.87 bits per heavy atom. The second-order valence-electron chi connectivity index (χ2n) is 6.93. The second-order valence-corrected chi connectivity index (χ2v) is 6.93. The molecular weight excluding hydrogens is 302 g/mol. The number of nitrogens with zero attached hydrogens (tertiary/aromatic N) is 1. The van der Waals surface area contributed by atoms with Crippen LogP contribution in [0.4, 0.5) is 0 Å². The third-order valence-corrected chi connectivity index (χ3v) is 4.71. The predicted octanol–water partition coefficient (Wildman–Crippen LogP) is 1.83. The topological polar surface area (TPSA) is 3.24 Å². The highest BCUT2D eigenvalue weighted by Gasteiger charge is 2.33. The monoisotopic (exact) mass is 327 g/mol. The molecule has 0 amide bonds. The van der Waals surface area contributed by atoms with Gasteiger partial charge in [0.2, 0.25) is 0 Å². The molecule has 2 aromatic carbocycles. The van der Waals surface area contributed by atoms with E-state index in [-0.39, 0.29) is 19.2 Å². The zero-order valence-electron chi connectivity index (χ0n) is 15.4. The van der Waals surface area contributed by atoms with Crippen LogP contribution < -0.4 is 12.4 Å². The van der Waals surface area contributed by atoms with Crippen LogP contribution in [0.15, 0.2) is 54.6 Å². The van der Waals surface area contributed by atoms with Gasteiger partial charge >= 0.3 is 1.43 Å². The largest absolute Gasteiger partial charge is 1.00 e. The molecule has 0 heterocycles. The fourth-order valence-electron chi connectivity index (χ4n) is 3.50. The van der Waals surface area contributed by atoms with Gasteiger partial charge in [-0.15, -0.1) is 0 Å². The summed E-state index contributed by atoms with van der Waals surface area (Å²) < 4.78 is 0. The number of fused-ring (bicyclic) bond motifs is 2. The molecule has 3 rings (SSSR count). The molecule has 0 spiro atoms. The molecule has 2 aromatic rings. The van der Waals surface area contributed by atoms with Gasteiger partial charge in [0.25, 0.3) is 0 Å². The van der Waals surface area contributed by atoms with Crippen molar-refractivity contribution in [3.8, 4) is 0 Å². The fraction of sp³-hybridized carbons (Fsp3) is 0.333. The summed E-state index contributed by atoms with van der Waals surface area (Å²) in [6.07, 6.45) is 3.48. The summed E-state index contributed by atoms with van der Waals surface area (Å²) in [7, 11) is 4.26. The minimum atomic E-state index is 0. The van der Waals surface area contributed by atoms with E-state index >= 15 is 0 Å². The Labute approximate surface area is 147 Å². The zero-order chi connectivity index (χ0) is 15.7. The SMILES string of the molecule is CN(C)CCC=C1c2ccccc2C(C)(C)c2ccccc21.[Cl-].[H+]. The van der Waals surface area contributed by atoms with E-state index in [0.29, 0.717) is 0 Å². The molecule has 0 saturated heterocycles. The Hall–Kier alpha value is -1.57. The molecular formula is C21H26ClN. The smallest absolute Gasteiger partial charge is 1.00 e. The van der Waals surface area contributed by atoms with Gasteiger partial charge in [-0.05, 0) is 48.3 Å². The molecule has 1 aliphatic carbocycles. The average Bonchev–Trinajstić information content (AvgIpc) is 2.51. The molecule has 1 aliphatic rings. The third-order valence-electron chi connectivity index (χ3n) is 4.71. The van der Waals surface area contributed by atoms with Crippen molar-refractivity contribution in [3.05, 3.63) is 76.9 Å². The van der Waals surface area contributed by atoms with Crippen molar-refractivity contribution < 1.29 is 13.8 Å². The Bertz CT molecular complexity index is 668. The van der Waals surface area contributed by atoms with E-state index in [9.17, 15) is 0 Å². The Morgan fingerprint density at radius 1 is 0.913 bits per heavy atom. The van der Waals surface area contributed by atoms with Crippen molar-refractivity contribution in [3.63, 3.8) is 0 Å². The molecule has 0 saturated carbocycles. The minimum Gasteiger partial charge on any atom is -1.00 e. The summed E-state index contributed by atoms with van der Waals surface area (Å²) in [5.74, 6) is 0. The van der Waals surface area contributed by atoms with Gasteiger partial charge in [0, 0.05) is 12.0 Å². The van der Waals surface area contributed by atoms with Crippen molar-refractivity contribution >= 4 is 5.57 Å². The van der Waals surface area contributed by atoms with E-state index in [2.05, 4.69) is 87.4 Å². The quantitative estimate of drug-likeness (QED) is 0.831. The molecule has 0 bridgehead atoms. The van der Waals surface area contributed by atoms with Crippen LogP contribution in [-0.4, -0.2) is 25.5 Å². The summed E-state index contributed by atoms with van der Waals surface area (Å²) in [5.41, 5.74) is 7.11. The maximum absolute atomic E-state index is 2.41. The van der Waals surface area contributed by atoms with Crippen molar-refractivity contribution in [2.24, 2.45) is 0 Å². The highest BCUT2D eigenvalue weighted by Crippen LogP contribution is 2.46. The molecule has 0 unspecified atom stereocenters. The molecule has 2 heteroatoms. The van der Waals surface area contributed by atoms with Crippen molar-refractivity contribution in [2.75, 3.05) is 20.6 Å². The lowest BCUT2D eigenvalue weighted by atomic mass is 9.67. The van der Waals surface area contributed by atoms with Gasteiger partial charge in [0.1, 0.15) is 0 Å². The van der Waals surface area contributed by atoms with E-state index < -0.39 is 0 Å². The Morgan fingerprint density at radius 2 is 1.39 bits per heavy atom. The molecule has 0 N–H and O–H groups in total. The van der Waals surface area contributed by atoms with Gasteiger partial charge < -0.3 is 17.3 Å². The van der Waals surface area contributed by atoms with Crippen LogP contribution in [0.3, 0.4) is 0 Å². The molecule has 0 atom stereocenters. The summed E-state index contributed by atoms with van der Waals surface area (Å²) in [5, 5.41) is 0. The summed E-state index contributed by atoms with van der Waals surface area (Å²) in [6.45, 7) is 5.75.